The number of unbranched alkanes of at least 4 members (excludes halogenated alkanes) is 6. The standard InChI is InChI=1S/C22H33BrN4O3/c1-3-5-7-9-11-20(28)26-24-15-17-13-19(23)14-18(22(17)30)16-25-27-21(29)12-10-8-6-4-2/h13-16,30H,3-12H2,1-2H3,(H,26,28)(H,27,29)/b24-15-,25-16+. The van der Waals surface area contributed by atoms with Gasteiger partial charge in [0, 0.05) is 28.4 Å². The van der Waals surface area contributed by atoms with Crippen LogP contribution in [0.2, 0.25) is 0 Å². The van der Waals surface area contributed by atoms with Gasteiger partial charge in [0.25, 0.3) is 0 Å². The molecule has 0 saturated heterocycles. The number of hydrogen-bond acceptors (Lipinski definition) is 5. The first-order valence-electron chi connectivity index (χ1n) is 10.6. The number of nitrogens with one attached hydrogen (secondary N) is 2. The summed E-state index contributed by atoms with van der Waals surface area (Å²) in [7, 11) is 0. The lowest BCUT2D eigenvalue weighted by molar-refractivity contribution is -0.122. The van der Waals surface area contributed by atoms with Gasteiger partial charge in [-0.2, -0.15) is 10.2 Å². The number of halogens is 1. The molecule has 0 fully saturated rings. The Morgan fingerprint density at radius 1 is 0.867 bits per heavy atom. The second-order valence-electron chi connectivity index (χ2n) is 7.14. The minimum Gasteiger partial charge on any atom is -0.507 e. The fourth-order valence-electron chi connectivity index (χ4n) is 2.72. The molecule has 30 heavy (non-hydrogen) atoms. The third-order valence-corrected chi connectivity index (χ3v) is 4.89. The summed E-state index contributed by atoms with van der Waals surface area (Å²) in [6.45, 7) is 4.24. The van der Waals surface area contributed by atoms with Crippen LogP contribution in [0.4, 0.5) is 0 Å². The van der Waals surface area contributed by atoms with Gasteiger partial charge in [-0.15, -0.1) is 0 Å². The minimum absolute atomic E-state index is 0.0416. The third-order valence-electron chi connectivity index (χ3n) is 4.43. The number of hydrazone groups is 2. The minimum atomic E-state index is -0.153. The Morgan fingerprint density at radius 3 is 1.70 bits per heavy atom. The van der Waals surface area contributed by atoms with E-state index in [-0.39, 0.29) is 17.6 Å². The highest BCUT2D eigenvalue weighted by atomic mass is 79.9. The third kappa shape index (κ3) is 11.1. The molecule has 166 valence electrons. The molecular weight excluding hydrogens is 448 g/mol. The summed E-state index contributed by atoms with van der Waals surface area (Å²) in [6.07, 6.45) is 11.8. The summed E-state index contributed by atoms with van der Waals surface area (Å²) in [5.41, 5.74) is 5.79. The highest BCUT2D eigenvalue weighted by Crippen LogP contribution is 2.25. The molecule has 0 aliphatic carbocycles. The van der Waals surface area contributed by atoms with Gasteiger partial charge in [0.05, 0.1) is 12.4 Å². The summed E-state index contributed by atoms with van der Waals surface area (Å²) < 4.78 is 0.708. The molecule has 2 amide bonds. The van der Waals surface area contributed by atoms with Crippen molar-refractivity contribution in [1.82, 2.24) is 10.9 Å². The van der Waals surface area contributed by atoms with Crippen molar-refractivity contribution in [3.63, 3.8) is 0 Å². The highest BCUT2D eigenvalue weighted by Gasteiger charge is 2.07. The molecule has 1 aromatic carbocycles. The molecule has 0 aliphatic heterocycles. The lowest BCUT2D eigenvalue weighted by atomic mass is 10.1. The van der Waals surface area contributed by atoms with Gasteiger partial charge in [-0.25, -0.2) is 10.9 Å². The smallest absolute Gasteiger partial charge is 0.240 e. The van der Waals surface area contributed by atoms with Crippen molar-refractivity contribution in [2.45, 2.75) is 78.1 Å². The average molecular weight is 481 g/mol. The van der Waals surface area contributed by atoms with E-state index < -0.39 is 0 Å². The van der Waals surface area contributed by atoms with Gasteiger partial charge in [-0.1, -0.05) is 68.3 Å². The van der Waals surface area contributed by atoms with E-state index in [1.165, 1.54) is 12.4 Å². The topological polar surface area (TPSA) is 103 Å². The van der Waals surface area contributed by atoms with Crippen LogP contribution in [0.5, 0.6) is 5.75 Å². The second kappa shape index (κ2) is 15.6. The molecular formula is C22H33BrN4O3. The van der Waals surface area contributed by atoms with Gasteiger partial charge in [0.2, 0.25) is 11.8 Å². The molecule has 3 N–H and O–H groups in total. The molecule has 0 atom stereocenters. The average Bonchev–Trinajstić information content (AvgIpc) is 2.71. The van der Waals surface area contributed by atoms with Crippen molar-refractivity contribution in [2.75, 3.05) is 0 Å². The first-order valence-corrected chi connectivity index (χ1v) is 11.4. The maximum atomic E-state index is 11.8. The number of nitrogens with zero attached hydrogens (tertiary/aromatic N) is 2. The van der Waals surface area contributed by atoms with E-state index in [2.05, 4.69) is 50.8 Å². The van der Waals surface area contributed by atoms with Gasteiger partial charge >= 0.3 is 0 Å². The lowest BCUT2D eigenvalue weighted by Crippen LogP contribution is -2.17. The molecule has 0 radical (unpaired) electrons. The predicted molar refractivity (Wildman–Crippen MR) is 125 cm³/mol. The number of aromatic hydroxyl groups is 1. The summed E-state index contributed by atoms with van der Waals surface area (Å²) in [5.74, 6) is -0.347. The number of phenolic OH excluding ortho intramolecular Hbond substituents is 1. The van der Waals surface area contributed by atoms with Crippen molar-refractivity contribution >= 4 is 40.2 Å². The maximum Gasteiger partial charge on any atom is 0.240 e. The van der Waals surface area contributed by atoms with Crippen LogP contribution in [0.15, 0.2) is 26.8 Å². The second-order valence-corrected chi connectivity index (χ2v) is 8.06. The number of carbonyl (C=O) groups is 2. The van der Waals surface area contributed by atoms with Crippen molar-refractivity contribution in [3.05, 3.63) is 27.7 Å². The van der Waals surface area contributed by atoms with Crippen molar-refractivity contribution in [3.8, 4) is 5.75 Å². The van der Waals surface area contributed by atoms with Crippen molar-refractivity contribution in [2.24, 2.45) is 10.2 Å². The van der Waals surface area contributed by atoms with E-state index in [1.54, 1.807) is 12.1 Å². The highest BCUT2D eigenvalue weighted by molar-refractivity contribution is 9.10. The van der Waals surface area contributed by atoms with Gasteiger partial charge < -0.3 is 5.11 Å². The Balaban J connectivity index is 2.59. The van der Waals surface area contributed by atoms with E-state index in [4.69, 9.17) is 0 Å². The zero-order chi connectivity index (χ0) is 22.2. The van der Waals surface area contributed by atoms with Crippen LogP contribution in [0.1, 0.15) is 89.2 Å². The summed E-state index contributed by atoms with van der Waals surface area (Å²) in [5, 5.41) is 18.3. The maximum absolute atomic E-state index is 11.8. The first-order chi connectivity index (χ1) is 14.5. The molecule has 1 aromatic rings. The Labute approximate surface area is 187 Å². The van der Waals surface area contributed by atoms with Gasteiger partial charge in [0.15, 0.2) is 0 Å². The summed E-state index contributed by atoms with van der Waals surface area (Å²) >= 11 is 3.38. The van der Waals surface area contributed by atoms with E-state index in [0.29, 0.717) is 28.4 Å². The molecule has 0 aromatic heterocycles. The van der Waals surface area contributed by atoms with Crippen LogP contribution in [0.25, 0.3) is 0 Å². The monoisotopic (exact) mass is 480 g/mol. The van der Waals surface area contributed by atoms with Crippen molar-refractivity contribution < 1.29 is 14.7 Å². The molecule has 0 heterocycles. The Kier molecular flexibility index (Phi) is 13.4. The fourth-order valence-corrected chi connectivity index (χ4v) is 3.22. The summed E-state index contributed by atoms with van der Waals surface area (Å²) in [6, 6.07) is 3.35. The quantitative estimate of drug-likeness (QED) is 0.198. The fraction of sp³-hybridized carbons (Fsp3) is 0.545. The number of phenols is 1. The molecule has 8 heteroatoms. The van der Waals surface area contributed by atoms with Crippen LogP contribution in [-0.2, 0) is 9.59 Å². The zero-order valence-electron chi connectivity index (χ0n) is 17.9. The molecule has 0 unspecified atom stereocenters. The van der Waals surface area contributed by atoms with Gasteiger partial charge in [-0.05, 0) is 25.0 Å². The number of carbonyl (C=O) groups excluding carboxylic acids is 2. The predicted octanol–water partition coefficient (Wildman–Crippen LogP) is 5.00. The summed E-state index contributed by atoms with van der Waals surface area (Å²) in [4.78, 5) is 23.5. The molecule has 0 aliphatic rings. The Morgan fingerprint density at radius 2 is 1.30 bits per heavy atom. The molecule has 0 spiro atoms. The van der Waals surface area contributed by atoms with Crippen LogP contribution >= 0.6 is 15.9 Å². The van der Waals surface area contributed by atoms with E-state index in [0.717, 1.165) is 51.4 Å². The Hall–Kier alpha value is -2.22. The van der Waals surface area contributed by atoms with Crippen LogP contribution in [0, 0.1) is 0 Å². The van der Waals surface area contributed by atoms with E-state index in [9.17, 15) is 14.7 Å². The van der Waals surface area contributed by atoms with Gasteiger partial charge in [-0.3, -0.25) is 9.59 Å². The number of amides is 2. The van der Waals surface area contributed by atoms with E-state index in [1.807, 2.05) is 0 Å². The number of hydrogen-bond donors (Lipinski definition) is 3. The Bertz CT molecular complexity index is 678. The lowest BCUT2D eigenvalue weighted by Gasteiger charge is -2.05. The van der Waals surface area contributed by atoms with Crippen LogP contribution in [0.3, 0.4) is 0 Å². The normalized spacial score (nSPS) is 11.3. The largest absolute Gasteiger partial charge is 0.507 e. The molecule has 1 rings (SSSR count). The van der Waals surface area contributed by atoms with Crippen molar-refractivity contribution in [1.29, 1.82) is 0 Å². The number of rotatable bonds is 14. The van der Waals surface area contributed by atoms with Gasteiger partial charge in [0.1, 0.15) is 5.75 Å². The molecule has 0 saturated carbocycles. The van der Waals surface area contributed by atoms with Crippen LogP contribution < -0.4 is 10.9 Å². The first kappa shape index (κ1) is 25.8. The number of benzene rings is 1. The zero-order valence-corrected chi connectivity index (χ0v) is 19.5. The molecule has 7 nitrogen and oxygen atoms in total. The van der Waals surface area contributed by atoms with E-state index >= 15 is 0 Å². The SMILES string of the molecule is CCCCCCC(=O)N/N=C\c1cc(Br)cc(/C=N/NC(=O)CCCCCC)c1O. The molecule has 0 bridgehead atoms. The van der Waals surface area contributed by atoms with Crippen LogP contribution in [-0.4, -0.2) is 29.4 Å².